The molecule has 0 aliphatic heterocycles. The Labute approximate surface area is 274 Å². The Morgan fingerprint density at radius 3 is 2.30 bits per heavy atom. The number of hydrogen-bond acceptors (Lipinski definition) is 6. The van der Waals surface area contributed by atoms with E-state index in [1.807, 2.05) is 86.6 Å². The Hall–Kier alpha value is -5.83. The van der Waals surface area contributed by atoms with Crippen LogP contribution >= 0.6 is 0 Å². The lowest BCUT2D eigenvalue weighted by Gasteiger charge is -2.17. The minimum absolute atomic E-state index is 0.196. The molecule has 9 heteroatoms. The number of anilines is 4. The van der Waals surface area contributed by atoms with Crippen LogP contribution < -0.4 is 20.7 Å². The van der Waals surface area contributed by atoms with Crippen LogP contribution in [0, 0.1) is 6.92 Å². The van der Waals surface area contributed by atoms with Gasteiger partial charge in [-0.1, -0.05) is 69.7 Å². The molecule has 0 atom stereocenters. The van der Waals surface area contributed by atoms with E-state index in [0.717, 1.165) is 39.0 Å². The van der Waals surface area contributed by atoms with Crippen molar-refractivity contribution < 1.29 is 14.6 Å². The van der Waals surface area contributed by atoms with Gasteiger partial charge in [0.05, 0.1) is 17.1 Å². The number of phenols is 1. The number of carbonyl (C=O) groups excluding carboxylic acids is 1. The molecule has 0 fully saturated rings. The highest BCUT2D eigenvalue weighted by Gasteiger charge is 2.22. The standard InChI is InChI=1S/C38H38N6O3/c1-6-28-33(21-22-39-36(28)40-25-13-17-27(45)18-14-25)47-32-20-19-31(29-9-7-8-10-30(29)32)41-37(46)42-35-23-34(38(3,4)5)43-44(35)26-15-11-24(2)12-16-26/h7-23,45H,6H2,1-5H3,(H,39,40)(H2,41,42,46). The van der Waals surface area contributed by atoms with Gasteiger partial charge in [-0.25, -0.2) is 14.5 Å². The maximum absolute atomic E-state index is 13.5. The number of pyridine rings is 1. The molecule has 6 aromatic rings. The number of nitrogens with one attached hydrogen (secondary N) is 3. The van der Waals surface area contributed by atoms with Crippen LogP contribution in [-0.4, -0.2) is 25.9 Å². The highest BCUT2D eigenvalue weighted by atomic mass is 16.5. The summed E-state index contributed by atoms with van der Waals surface area (Å²) in [5, 5.41) is 25.5. The van der Waals surface area contributed by atoms with Gasteiger partial charge in [-0.15, -0.1) is 0 Å². The van der Waals surface area contributed by atoms with Gasteiger partial charge in [0.2, 0.25) is 0 Å². The molecule has 9 nitrogen and oxygen atoms in total. The molecule has 2 amide bonds. The third kappa shape index (κ3) is 6.89. The summed E-state index contributed by atoms with van der Waals surface area (Å²) in [5.41, 5.74) is 5.02. The minimum Gasteiger partial charge on any atom is -0.508 e. The first-order valence-electron chi connectivity index (χ1n) is 15.6. The Morgan fingerprint density at radius 2 is 1.60 bits per heavy atom. The molecule has 6 rings (SSSR count). The number of aromatic nitrogens is 3. The van der Waals surface area contributed by atoms with Crippen molar-refractivity contribution in [2.45, 2.75) is 46.5 Å². The first kappa shape index (κ1) is 31.2. The average Bonchev–Trinajstić information content (AvgIpc) is 3.48. The fourth-order valence-electron chi connectivity index (χ4n) is 5.28. The summed E-state index contributed by atoms with van der Waals surface area (Å²) < 4.78 is 8.28. The number of carbonyl (C=O) groups is 1. The second-order valence-corrected chi connectivity index (χ2v) is 12.4. The van der Waals surface area contributed by atoms with Crippen molar-refractivity contribution in [2.75, 3.05) is 16.0 Å². The maximum Gasteiger partial charge on any atom is 0.324 e. The number of aromatic hydroxyl groups is 1. The van der Waals surface area contributed by atoms with E-state index < -0.39 is 0 Å². The summed E-state index contributed by atoms with van der Waals surface area (Å²) in [6.07, 6.45) is 2.38. The summed E-state index contributed by atoms with van der Waals surface area (Å²) >= 11 is 0. The second kappa shape index (κ2) is 12.9. The quantitative estimate of drug-likeness (QED) is 0.125. The zero-order chi connectivity index (χ0) is 33.1. The van der Waals surface area contributed by atoms with E-state index in [0.29, 0.717) is 35.2 Å². The number of nitrogens with zero attached hydrogens (tertiary/aromatic N) is 3. The van der Waals surface area contributed by atoms with E-state index >= 15 is 0 Å². The number of ether oxygens (including phenoxy) is 1. The lowest BCUT2D eigenvalue weighted by molar-refractivity contribution is 0.262. The van der Waals surface area contributed by atoms with E-state index in [1.165, 1.54) is 0 Å². The molecular formula is C38H38N6O3. The van der Waals surface area contributed by atoms with Crippen molar-refractivity contribution in [1.82, 2.24) is 14.8 Å². The number of aryl methyl sites for hydroxylation is 1. The van der Waals surface area contributed by atoms with Gasteiger partial charge in [-0.2, -0.15) is 5.10 Å². The van der Waals surface area contributed by atoms with Crippen LogP contribution in [0.5, 0.6) is 17.2 Å². The van der Waals surface area contributed by atoms with Crippen LogP contribution in [0.4, 0.5) is 27.8 Å². The van der Waals surface area contributed by atoms with Crippen LogP contribution in [0.2, 0.25) is 0 Å². The monoisotopic (exact) mass is 626 g/mol. The summed E-state index contributed by atoms with van der Waals surface area (Å²) in [6.45, 7) is 10.4. The van der Waals surface area contributed by atoms with Crippen LogP contribution in [-0.2, 0) is 11.8 Å². The number of hydrogen-bond donors (Lipinski definition) is 4. The van der Waals surface area contributed by atoms with Gasteiger partial charge in [0.15, 0.2) is 0 Å². The van der Waals surface area contributed by atoms with Gasteiger partial charge >= 0.3 is 6.03 Å². The Kier molecular flexibility index (Phi) is 8.54. The fraction of sp³-hybridized carbons (Fsp3) is 0.184. The van der Waals surface area contributed by atoms with E-state index in [-0.39, 0.29) is 17.2 Å². The second-order valence-electron chi connectivity index (χ2n) is 12.4. The molecule has 0 aliphatic rings. The zero-order valence-electron chi connectivity index (χ0n) is 27.1. The zero-order valence-corrected chi connectivity index (χ0v) is 27.1. The largest absolute Gasteiger partial charge is 0.508 e. The Morgan fingerprint density at radius 1 is 0.872 bits per heavy atom. The molecule has 0 radical (unpaired) electrons. The first-order chi connectivity index (χ1) is 22.6. The highest BCUT2D eigenvalue weighted by Crippen LogP contribution is 2.37. The van der Waals surface area contributed by atoms with E-state index in [1.54, 1.807) is 35.1 Å². The number of amides is 2. The Balaban J connectivity index is 1.26. The van der Waals surface area contributed by atoms with Crippen molar-refractivity contribution in [3.63, 3.8) is 0 Å². The lowest BCUT2D eigenvalue weighted by atomic mass is 9.92. The molecule has 4 N–H and O–H groups in total. The molecule has 0 saturated carbocycles. The van der Waals surface area contributed by atoms with Gasteiger partial charge in [0.25, 0.3) is 0 Å². The number of benzene rings is 4. The fourth-order valence-corrected chi connectivity index (χ4v) is 5.28. The lowest BCUT2D eigenvalue weighted by Crippen LogP contribution is -2.21. The topological polar surface area (TPSA) is 113 Å². The molecule has 0 spiro atoms. The van der Waals surface area contributed by atoms with Gasteiger partial charge < -0.3 is 20.5 Å². The van der Waals surface area contributed by atoms with Gasteiger partial charge in [0, 0.05) is 39.7 Å². The van der Waals surface area contributed by atoms with Crippen molar-refractivity contribution in [1.29, 1.82) is 0 Å². The highest BCUT2D eigenvalue weighted by molar-refractivity contribution is 6.07. The minimum atomic E-state index is -0.384. The van der Waals surface area contributed by atoms with Crippen molar-refractivity contribution in [3.8, 4) is 22.9 Å². The smallest absolute Gasteiger partial charge is 0.324 e. The molecule has 238 valence electrons. The number of phenolic OH excluding ortho intramolecular Hbond substituents is 1. The van der Waals surface area contributed by atoms with E-state index in [2.05, 4.69) is 41.7 Å². The third-order valence-corrected chi connectivity index (χ3v) is 7.85. The first-order valence-corrected chi connectivity index (χ1v) is 15.6. The molecule has 4 aromatic carbocycles. The molecule has 0 unspecified atom stereocenters. The molecule has 0 aliphatic carbocycles. The number of urea groups is 1. The molecule has 0 bridgehead atoms. The van der Waals surface area contributed by atoms with Crippen LogP contribution in [0.1, 0.15) is 44.5 Å². The summed E-state index contributed by atoms with van der Waals surface area (Å²) in [5.74, 6) is 2.76. The summed E-state index contributed by atoms with van der Waals surface area (Å²) in [7, 11) is 0. The van der Waals surface area contributed by atoms with E-state index in [4.69, 9.17) is 9.84 Å². The predicted molar refractivity (Wildman–Crippen MR) is 189 cm³/mol. The molecule has 47 heavy (non-hydrogen) atoms. The van der Waals surface area contributed by atoms with Crippen LogP contribution in [0.25, 0.3) is 16.5 Å². The van der Waals surface area contributed by atoms with Crippen LogP contribution in [0.15, 0.2) is 103 Å². The number of fused-ring (bicyclic) bond motifs is 1. The predicted octanol–water partition coefficient (Wildman–Crippen LogP) is 9.47. The van der Waals surface area contributed by atoms with Crippen molar-refractivity contribution in [3.05, 3.63) is 120 Å². The average molecular weight is 627 g/mol. The SMILES string of the molecule is CCc1c(Oc2ccc(NC(=O)Nc3cc(C(C)(C)C)nn3-c3ccc(C)cc3)c3ccccc23)ccnc1Nc1ccc(O)cc1. The van der Waals surface area contributed by atoms with Crippen LogP contribution in [0.3, 0.4) is 0 Å². The van der Waals surface area contributed by atoms with Crippen molar-refractivity contribution in [2.24, 2.45) is 0 Å². The number of rotatable bonds is 8. The molecule has 0 saturated heterocycles. The maximum atomic E-state index is 13.5. The normalized spacial score (nSPS) is 11.3. The molecule has 2 aromatic heterocycles. The van der Waals surface area contributed by atoms with E-state index in [9.17, 15) is 9.90 Å². The summed E-state index contributed by atoms with van der Waals surface area (Å²) in [4.78, 5) is 18.0. The van der Waals surface area contributed by atoms with Crippen molar-refractivity contribution >= 4 is 39.8 Å². The molecule has 2 heterocycles. The van der Waals surface area contributed by atoms with Gasteiger partial charge in [-0.05, 0) is 67.9 Å². The Bertz CT molecular complexity index is 2040. The molecular weight excluding hydrogens is 588 g/mol. The van der Waals surface area contributed by atoms with Gasteiger partial charge in [0.1, 0.15) is 28.9 Å². The summed E-state index contributed by atoms with van der Waals surface area (Å²) in [6, 6.07) is 29.7. The third-order valence-electron chi connectivity index (χ3n) is 7.85. The van der Waals surface area contributed by atoms with Gasteiger partial charge in [-0.3, -0.25) is 5.32 Å².